The molecule has 0 heterocycles. The van der Waals surface area contributed by atoms with Crippen LogP contribution in [0.2, 0.25) is 0 Å². The van der Waals surface area contributed by atoms with E-state index in [1.165, 1.54) is 0 Å². The molecule has 1 atom stereocenters. The molecule has 0 saturated carbocycles. The maximum Gasteiger partial charge on any atom is 0.328 e. The predicted molar refractivity (Wildman–Crippen MR) is 46.8 cm³/mol. The van der Waals surface area contributed by atoms with Crippen LogP contribution in [-0.4, -0.2) is 31.6 Å². The quantitative estimate of drug-likeness (QED) is 0.342. The molecule has 0 aromatic carbocycles. The number of rotatable bonds is 3. The van der Waals surface area contributed by atoms with Gasteiger partial charge >= 0.3 is 5.97 Å². The number of ether oxygens (including phenoxy) is 1. The van der Waals surface area contributed by atoms with Crippen LogP contribution in [-0.2, 0) is 9.53 Å². The largest absolute Gasteiger partial charge is 0.464 e. The van der Waals surface area contributed by atoms with E-state index in [0.29, 0.717) is 6.61 Å². The number of aliphatic imine (C=N–C) groups is 1. The summed E-state index contributed by atoms with van der Waals surface area (Å²) in [6.07, 6.45) is 0. The molecule has 0 saturated heterocycles. The summed E-state index contributed by atoms with van der Waals surface area (Å²) in [5.41, 5.74) is 5.34. The molecule has 5 heteroatoms. The first kappa shape index (κ1) is 10.7. The highest BCUT2D eigenvalue weighted by Gasteiger charge is 2.13. The van der Waals surface area contributed by atoms with Crippen molar-refractivity contribution in [3.63, 3.8) is 0 Å². The fourth-order valence-corrected chi connectivity index (χ4v) is 0.613. The van der Waals surface area contributed by atoms with Gasteiger partial charge in [-0.2, -0.15) is 0 Å². The molecule has 0 fully saturated rings. The van der Waals surface area contributed by atoms with Crippen LogP contribution in [0.1, 0.15) is 13.8 Å². The van der Waals surface area contributed by atoms with Gasteiger partial charge in [-0.3, -0.25) is 4.99 Å². The Labute approximate surface area is 72.0 Å². The number of nitrogens with one attached hydrogen (secondary N) is 1. The van der Waals surface area contributed by atoms with Crippen molar-refractivity contribution >= 4 is 11.9 Å². The van der Waals surface area contributed by atoms with Crippen molar-refractivity contribution in [1.82, 2.24) is 5.32 Å². The van der Waals surface area contributed by atoms with Crippen LogP contribution in [0.25, 0.3) is 0 Å². The van der Waals surface area contributed by atoms with Gasteiger partial charge in [0.15, 0.2) is 5.96 Å². The van der Waals surface area contributed by atoms with E-state index >= 15 is 0 Å². The number of nitrogens with two attached hydrogens (primary N) is 1. The molecule has 0 radical (unpaired) electrons. The Hall–Kier alpha value is -1.26. The molecule has 12 heavy (non-hydrogen) atoms. The van der Waals surface area contributed by atoms with Gasteiger partial charge in [0.2, 0.25) is 0 Å². The van der Waals surface area contributed by atoms with E-state index in [1.54, 1.807) is 20.9 Å². The molecule has 70 valence electrons. The first-order valence-electron chi connectivity index (χ1n) is 3.77. The highest BCUT2D eigenvalue weighted by atomic mass is 16.5. The van der Waals surface area contributed by atoms with Gasteiger partial charge in [0, 0.05) is 7.05 Å². The molecule has 0 aromatic rings. The second-order valence-corrected chi connectivity index (χ2v) is 2.23. The van der Waals surface area contributed by atoms with Crippen molar-refractivity contribution in [3.05, 3.63) is 0 Å². The first-order chi connectivity index (χ1) is 5.61. The third-order valence-electron chi connectivity index (χ3n) is 1.25. The van der Waals surface area contributed by atoms with Crippen molar-refractivity contribution in [2.75, 3.05) is 13.7 Å². The summed E-state index contributed by atoms with van der Waals surface area (Å²) in [5.74, 6) is -0.0975. The van der Waals surface area contributed by atoms with Crippen LogP contribution < -0.4 is 11.1 Å². The monoisotopic (exact) mass is 173 g/mol. The van der Waals surface area contributed by atoms with E-state index in [-0.39, 0.29) is 11.9 Å². The number of hydrogen-bond donors (Lipinski definition) is 2. The highest BCUT2D eigenvalue weighted by Crippen LogP contribution is 1.86. The molecule has 3 N–H and O–H groups in total. The summed E-state index contributed by atoms with van der Waals surface area (Å²) in [4.78, 5) is 14.6. The number of carbonyl (C=O) groups is 1. The number of esters is 1. The van der Waals surface area contributed by atoms with Gasteiger partial charge in [0.25, 0.3) is 0 Å². The van der Waals surface area contributed by atoms with Crippen molar-refractivity contribution < 1.29 is 9.53 Å². The van der Waals surface area contributed by atoms with Gasteiger partial charge in [-0.05, 0) is 13.8 Å². The normalized spacial score (nSPS) is 13.8. The minimum absolute atomic E-state index is 0.232. The Morgan fingerprint density at radius 2 is 2.33 bits per heavy atom. The molecule has 0 rings (SSSR count). The standard InChI is InChI=1S/C7H15N3O2/c1-4-12-6(11)5(2)10-7(8)9-3/h5H,4H2,1-3H3,(H3,8,9,10). The summed E-state index contributed by atoms with van der Waals surface area (Å²) in [7, 11) is 1.54. The lowest BCUT2D eigenvalue weighted by molar-refractivity contribution is -0.144. The van der Waals surface area contributed by atoms with Crippen LogP contribution in [0.15, 0.2) is 4.99 Å². The molecule has 0 aliphatic rings. The van der Waals surface area contributed by atoms with Crippen molar-refractivity contribution in [2.24, 2.45) is 10.7 Å². The summed E-state index contributed by atoms with van der Waals surface area (Å²) >= 11 is 0. The summed E-state index contributed by atoms with van der Waals surface area (Å²) in [6.45, 7) is 3.78. The van der Waals surface area contributed by atoms with Crippen LogP contribution in [0.3, 0.4) is 0 Å². The molecule has 0 aliphatic heterocycles. The van der Waals surface area contributed by atoms with Gasteiger partial charge in [-0.25, -0.2) is 4.79 Å². The minimum Gasteiger partial charge on any atom is -0.464 e. The fourth-order valence-electron chi connectivity index (χ4n) is 0.613. The Morgan fingerprint density at radius 3 is 2.75 bits per heavy atom. The Morgan fingerprint density at radius 1 is 1.75 bits per heavy atom. The Kier molecular flexibility index (Phi) is 4.83. The van der Waals surface area contributed by atoms with Gasteiger partial charge in [-0.1, -0.05) is 0 Å². The van der Waals surface area contributed by atoms with Crippen molar-refractivity contribution in [1.29, 1.82) is 0 Å². The molecular weight excluding hydrogens is 158 g/mol. The van der Waals surface area contributed by atoms with E-state index in [4.69, 9.17) is 10.5 Å². The topological polar surface area (TPSA) is 76.7 Å². The molecule has 5 nitrogen and oxygen atoms in total. The minimum atomic E-state index is -0.450. The molecular formula is C7H15N3O2. The zero-order valence-corrected chi connectivity index (χ0v) is 7.63. The van der Waals surface area contributed by atoms with Crippen molar-refractivity contribution in [2.45, 2.75) is 19.9 Å². The van der Waals surface area contributed by atoms with Gasteiger partial charge < -0.3 is 15.8 Å². The number of nitrogens with zero attached hydrogens (tertiary/aromatic N) is 1. The predicted octanol–water partition coefficient (Wildman–Crippen LogP) is -0.528. The lowest BCUT2D eigenvalue weighted by Crippen LogP contribution is -2.43. The third-order valence-corrected chi connectivity index (χ3v) is 1.25. The van der Waals surface area contributed by atoms with Crippen LogP contribution in [0, 0.1) is 0 Å². The number of hydrogen-bond acceptors (Lipinski definition) is 3. The average molecular weight is 173 g/mol. The van der Waals surface area contributed by atoms with Crippen LogP contribution in [0.4, 0.5) is 0 Å². The highest BCUT2D eigenvalue weighted by molar-refractivity contribution is 5.84. The van der Waals surface area contributed by atoms with E-state index in [0.717, 1.165) is 0 Å². The van der Waals surface area contributed by atoms with Crippen LogP contribution >= 0.6 is 0 Å². The SMILES string of the molecule is CCOC(=O)C(C)NC(N)=NC. The van der Waals surface area contributed by atoms with E-state index in [1.807, 2.05) is 0 Å². The molecule has 0 aliphatic carbocycles. The second kappa shape index (κ2) is 5.40. The molecule has 0 aromatic heterocycles. The lowest BCUT2D eigenvalue weighted by Gasteiger charge is -2.12. The Balaban J connectivity index is 3.86. The van der Waals surface area contributed by atoms with Gasteiger partial charge in [0.1, 0.15) is 6.04 Å². The van der Waals surface area contributed by atoms with Gasteiger partial charge in [-0.15, -0.1) is 0 Å². The Bertz CT molecular complexity index is 179. The summed E-state index contributed by atoms with van der Waals surface area (Å²) in [6, 6.07) is -0.450. The number of carbonyl (C=O) groups excluding carboxylic acids is 1. The molecule has 0 spiro atoms. The zero-order chi connectivity index (χ0) is 9.56. The van der Waals surface area contributed by atoms with Crippen LogP contribution in [0.5, 0.6) is 0 Å². The second-order valence-electron chi connectivity index (χ2n) is 2.23. The van der Waals surface area contributed by atoms with E-state index in [2.05, 4.69) is 10.3 Å². The zero-order valence-electron chi connectivity index (χ0n) is 7.63. The summed E-state index contributed by atoms with van der Waals surface area (Å²) in [5, 5.41) is 2.67. The fraction of sp³-hybridized carbons (Fsp3) is 0.714. The number of guanidine groups is 1. The lowest BCUT2D eigenvalue weighted by atomic mass is 10.3. The first-order valence-corrected chi connectivity index (χ1v) is 3.77. The smallest absolute Gasteiger partial charge is 0.328 e. The average Bonchev–Trinajstić information content (AvgIpc) is 2.04. The molecule has 0 amide bonds. The van der Waals surface area contributed by atoms with E-state index in [9.17, 15) is 4.79 Å². The van der Waals surface area contributed by atoms with E-state index < -0.39 is 6.04 Å². The van der Waals surface area contributed by atoms with Gasteiger partial charge in [0.05, 0.1) is 6.61 Å². The summed E-state index contributed by atoms with van der Waals surface area (Å²) < 4.78 is 4.74. The maximum absolute atomic E-state index is 11.0. The maximum atomic E-state index is 11.0. The molecule has 0 bridgehead atoms. The van der Waals surface area contributed by atoms with Crippen molar-refractivity contribution in [3.8, 4) is 0 Å². The molecule has 1 unspecified atom stereocenters. The third kappa shape index (κ3) is 3.80.